The standard InChI is InChI=1S/C30H41F2N7OS.H2/c1-18(2)26-27(20-13-19(3)29(34-15-20)35-17-33)36-23-14-24(41-28(23)26)30(40)37(4)21-5-7-22(8-6-21)39-11-9-38(10-12-39)16-25(31)32;/h13-15,17-18,21-22,25,36H,5-12,16H2,1-4H3,(H2,33,34,35);1H. The van der Waals surface area contributed by atoms with Gasteiger partial charge in [0.1, 0.15) is 0 Å². The molecule has 3 N–H and O–H groups in total. The first-order chi connectivity index (χ1) is 19.7. The highest BCUT2D eigenvalue weighted by atomic mass is 32.1. The molecule has 0 spiro atoms. The molecule has 0 atom stereocenters. The number of halogens is 2. The Kier molecular flexibility index (Phi) is 9.06. The number of hydrogen-bond donors (Lipinski definition) is 2. The van der Waals surface area contributed by atoms with Crippen LogP contribution in [-0.2, 0) is 0 Å². The highest BCUT2D eigenvalue weighted by Crippen LogP contribution is 2.41. The first kappa shape index (κ1) is 29.6. The molecule has 224 valence electrons. The molecule has 1 aliphatic carbocycles. The molecule has 8 nitrogen and oxygen atoms in total. The quantitative estimate of drug-likeness (QED) is 0.255. The molecule has 1 saturated carbocycles. The molecule has 3 aromatic rings. The van der Waals surface area contributed by atoms with E-state index in [4.69, 9.17) is 5.73 Å². The van der Waals surface area contributed by atoms with Gasteiger partial charge in [0.2, 0.25) is 0 Å². The normalized spacial score (nSPS) is 21.1. The lowest BCUT2D eigenvalue weighted by molar-refractivity contribution is 0.0290. The van der Waals surface area contributed by atoms with Crippen molar-refractivity contribution in [2.45, 2.75) is 70.9 Å². The number of nitrogens with zero attached hydrogens (tertiary/aromatic N) is 5. The number of piperazine rings is 1. The molecule has 0 unspecified atom stereocenters. The van der Waals surface area contributed by atoms with Gasteiger partial charge in [0, 0.05) is 58.5 Å². The largest absolute Gasteiger partial charge is 0.390 e. The topological polar surface area (TPSA) is 93.9 Å². The minimum Gasteiger partial charge on any atom is -0.390 e. The molecule has 11 heteroatoms. The maximum Gasteiger partial charge on any atom is 0.264 e. The van der Waals surface area contributed by atoms with E-state index in [1.54, 1.807) is 11.3 Å². The zero-order valence-electron chi connectivity index (χ0n) is 24.4. The van der Waals surface area contributed by atoms with Gasteiger partial charge in [-0.05, 0) is 61.8 Å². The van der Waals surface area contributed by atoms with Crippen LogP contribution in [0.1, 0.15) is 67.7 Å². The fourth-order valence-corrected chi connectivity index (χ4v) is 7.75. The third-order valence-electron chi connectivity index (χ3n) is 8.68. The number of carbonyl (C=O) groups excluding carboxylic acids is 1. The van der Waals surface area contributed by atoms with E-state index < -0.39 is 6.43 Å². The predicted octanol–water partition coefficient (Wildman–Crippen LogP) is 5.85. The highest BCUT2D eigenvalue weighted by molar-refractivity contribution is 7.21. The molecule has 41 heavy (non-hydrogen) atoms. The summed E-state index contributed by atoms with van der Waals surface area (Å²) in [5.41, 5.74) is 10.6. The minimum absolute atomic E-state index is 0. The van der Waals surface area contributed by atoms with E-state index in [1.807, 2.05) is 36.0 Å². The first-order valence-electron chi connectivity index (χ1n) is 14.5. The van der Waals surface area contributed by atoms with Gasteiger partial charge < -0.3 is 15.6 Å². The number of aryl methyl sites for hydroxylation is 1. The average molecular weight is 588 g/mol. The van der Waals surface area contributed by atoms with Crippen molar-refractivity contribution in [2.75, 3.05) is 39.8 Å². The second kappa shape index (κ2) is 12.5. The van der Waals surface area contributed by atoms with E-state index in [-0.39, 0.29) is 25.8 Å². The number of pyridine rings is 1. The van der Waals surface area contributed by atoms with Crippen LogP contribution in [0, 0.1) is 6.92 Å². The fourth-order valence-electron chi connectivity index (χ4n) is 6.45. The Bertz CT molecular complexity index is 1390. The molecular formula is C30H43F2N7OS. The number of alkyl halides is 2. The molecule has 0 bridgehead atoms. The zero-order valence-corrected chi connectivity index (χ0v) is 25.2. The Balaban J connectivity index is 0.00000405. The molecule has 2 fully saturated rings. The first-order valence-corrected chi connectivity index (χ1v) is 15.4. The van der Waals surface area contributed by atoms with Crippen LogP contribution < -0.4 is 5.73 Å². The molecule has 2 aliphatic rings. The number of rotatable bonds is 8. The lowest BCUT2D eigenvalue weighted by Gasteiger charge is -2.43. The maximum absolute atomic E-state index is 13.6. The second-order valence-electron chi connectivity index (χ2n) is 11.7. The summed E-state index contributed by atoms with van der Waals surface area (Å²) in [6, 6.07) is 4.75. The Morgan fingerprint density at radius 1 is 1.24 bits per heavy atom. The molecule has 1 aliphatic heterocycles. The fraction of sp³-hybridized carbons (Fsp3) is 0.567. The Labute approximate surface area is 246 Å². The second-order valence-corrected chi connectivity index (χ2v) is 12.7. The molecule has 1 amide bonds. The predicted molar refractivity (Wildman–Crippen MR) is 165 cm³/mol. The van der Waals surface area contributed by atoms with Gasteiger partial charge in [0.15, 0.2) is 5.82 Å². The van der Waals surface area contributed by atoms with Gasteiger partial charge in [-0.2, -0.15) is 0 Å². The van der Waals surface area contributed by atoms with Crippen molar-refractivity contribution < 1.29 is 15.0 Å². The van der Waals surface area contributed by atoms with Crippen LogP contribution in [0.3, 0.4) is 0 Å². The third kappa shape index (κ3) is 6.32. The van der Waals surface area contributed by atoms with Crippen molar-refractivity contribution in [3.63, 3.8) is 0 Å². The van der Waals surface area contributed by atoms with Crippen molar-refractivity contribution >= 4 is 39.6 Å². The number of H-pyrrole nitrogens is 1. The lowest BCUT2D eigenvalue weighted by atomic mass is 9.89. The SMILES string of the molecule is Cc1cc(-c2[nH]c3cc(C(=O)N(C)C4CCC(N5CCN(CC(F)F)CC5)CC4)sc3c2C(C)C)cnc1N=CN.[HH]. The Hall–Kier alpha value is -2.89. The number of hydrogen-bond acceptors (Lipinski definition) is 6. The van der Waals surface area contributed by atoms with Gasteiger partial charge in [-0.15, -0.1) is 11.3 Å². The van der Waals surface area contributed by atoms with Gasteiger partial charge in [0.25, 0.3) is 12.3 Å². The van der Waals surface area contributed by atoms with Gasteiger partial charge >= 0.3 is 0 Å². The lowest BCUT2D eigenvalue weighted by Crippen LogP contribution is -2.53. The summed E-state index contributed by atoms with van der Waals surface area (Å²) >= 11 is 1.56. The van der Waals surface area contributed by atoms with Crippen LogP contribution >= 0.6 is 11.3 Å². The van der Waals surface area contributed by atoms with Crippen LogP contribution in [-0.4, -0.2) is 95.2 Å². The van der Waals surface area contributed by atoms with E-state index in [2.05, 4.69) is 39.8 Å². The van der Waals surface area contributed by atoms with Crippen LogP contribution in [0.5, 0.6) is 0 Å². The monoisotopic (exact) mass is 587 g/mol. The number of aromatic nitrogens is 2. The van der Waals surface area contributed by atoms with E-state index in [0.29, 0.717) is 24.9 Å². The number of thiophene rings is 1. The van der Waals surface area contributed by atoms with Crippen molar-refractivity contribution in [3.05, 3.63) is 34.3 Å². The molecule has 0 aromatic carbocycles. The van der Waals surface area contributed by atoms with Crippen LogP contribution in [0.4, 0.5) is 14.6 Å². The molecule has 4 heterocycles. The average Bonchev–Trinajstić information content (AvgIpc) is 3.52. The Morgan fingerprint density at radius 2 is 1.95 bits per heavy atom. The van der Waals surface area contributed by atoms with Gasteiger partial charge in [0.05, 0.1) is 33.7 Å². The highest BCUT2D eigenvalue weighted by Gasteiger charge is 2.32. The number of fused-ring (bicyclic) bond motifs is 1. The number of aromatic amines is 1. The van der Waals surface area contributed by atoms with E-state index in [1.165, 1.54) is 11.9 Å². The number of nitrogens with two attached hydrogens (primary N) is 1. The summed E-state index contributed by atoms with van der Waals surface area (Å²) in [6.45, 7) is 9.29. The minimum atomic E-state index is -2.27. The smallest absolute Gasteiger partial charge is 0.264 e. The summed E-state index contributed by atoms with van der Waals surface area (Å²) < 4.78 is 26.5. The summed E-state index contributed by atoms with van der Waals surface area (Å²) in [4.78, 5) is 32.8. The molecular weight excluding hydrogens is 544 g/mol. The van der Waals surface area contributed by atoms with Crippen LogP contribution in [0.2, 0.25) is 0 Å². The van der Waals surface area contributed by atoms with Crippen molar-refractivity contribution in [1.82, 2.24) is 24.7 Å². The van der Waals surface area contributed by atoms with Gasteiger partial charge in [-0.1, -0.05) is 13.8 Å². The van der Waals surface area contributed by atoms with E-state index in [0.717, 1.165) is 70.7 Å². The molecule has 3 aromatic heterocycles. The molecule has 0 radical (unpaired) electrons. The van der Waals surface area contributed by atoms with E-state index >= 15 is 0 Å². The van der Waals surface area contributed by atoms with Crippen LogP contribution in [0.25, 0.3) is 21.5 Å². The van der Waals surface area contributed by atoms with Crippen LogP contribution in [0.15, 0.2) is 23.3 Å². The number of amides is 1. The number of carbonyl (C=O) groups is 1. The van der Waals surface area contributed by atoms with Crippen molar-refractivity contribution in [3.8, 4) is 11.3 Å². The van der Waals surface area contributed by atoms with Crippen molar-refractivity contribution in [1.29, 1.82) is 0 Å². The third-order valence-corrected chi connectivity index (χ3v) is 9.84. The van der Waals surface area contributed by atoms with Gasteiger partial charge in [-0.25, -0.2) is 18.8 Å². The summed E-state index contributed by atoms with van der Waals surface area (Å²) in [7, 11) is 1.93. The zero-order chi connectivity index (χ0) is 29.3. The summed E-state index contributed by atoms with van der Waals surface area (Å²) in [5.74, 6) is 0.933. The molecule has 5 rings (SSSR count). The van der Waals surface area contributed by atoms with Crippen molar-refractivity contribution in [2.24, 2.45) is 10.7 Å². The Morgan fingerprint density at radius 3 is 2.56 bits per heavy atom. The maximum atomic E-state index is 13.6. The van der Waals surface area contributed by atoms with Gasteiger partial charge in [-0.3, -0.25) is 14.6 Å². The number of nitrogens with one attached hydrogen (secondary N) is 1. The molecule has 1 saturated heterocycles. The van der Waals surface area contributed by atoms with E-state index in [9.17, 15) is 13.6 Å². The number of aliphatic imine (C=N–C) groups is 1. The summed E-state index contributed by atoms with van der Waals surface area (Å²) in [5, 5.41) is 0. The summed E-state index contributed by atoms with van der Waals surface area (Å²) in [6.07, 6.45) is 4.80.